The zero-order chi connectivity index (χ0) is 16.9. The van der Waals surface area contributed by atoms with E-state index in [1.807, 2.05) is 11.4 Å². The standard InChI is InChI=1S/C16H15ClN4O2S/c1-23-11-4-2-3-10(9-11)15(22)19-7-6-18-14-13-12(5-8-24-13)20-16(17)21-14/h2-5,8-9H,6-7H2,1H3,(H,19,22)(H,18,20,21). The van der Waals surface area contributed by atoms with Crippen molar-refractivity contribution in [1.29, 1.82) is 0 Å². The van der Waals surface area contributed by atoms with Gasteiger partial charge in [-0.2, -0.15) is 4.98 Å². The number of nitrogens with zero attached hydrogens (tertiary/aromatic N) is 2. The molecular weight excluding hydrogens is 348 g/mol. The number of benzene rings is 1. The van der Waals surface area contributed by atoms with Crippen LogP contribution >= 0.6 is 22.9 Å². The lowest BCUT2D eigenvalue weighted by Crippen LogP contribution is -2.28. The topological polar surface area (TPSA) is 76.1 Å². The maximum Gasteiger partial charge on any atom is 0.251 e. The van der Waals surface area contributed by atoms with E-state index in [4.69, 9.17) is 16.3 Å². The molecule has 2 aromatic heterocycles. The summed E-state index contributed by atoms with van der Waals surface area (Å²) in [7, 11) is 1.57. The Hall–Kier alpha value is -2.38. The first-order valence-electron chi connectivity index (χ1n) is 7.24. The van der Waals surface area contributed by atoms with Gasteiger partial charge in [-0.15, -0.1) is 11.3 Å². The Morgan fingerprint density at radius 3 is 3.00 bits per heavy atom. The second-order valence-corrected chi connectivity index (χ2v) is 6.15. The van der Waals surface area contributed by atoms with Crippen LogP contribution in [0.1, 0.15) is 10.4 Å². The number of amides is 1. The molecule has 124 valence electrons. The lowest BCUT2D eigenvalue weighted by Gasteiger charge is -2.09. The van der Waals surface area contributed by atoms with E-state index in [1.54, 1.807) is 42.7 Å². The molecule has 0 aliphatic carbocycles. The van der Waals surface area contributed by atoms with Crippen molar-refractivity contribution in [3.63, 3.8) is 0 Å². The molecule has 0 bridgehead atoms. The van der Waals surface area contributed by atoms with Crippen LogP contribution in [-0.4, -0.2) is 36.1 Å². The summed E-state index contributed by atoms with van der Waals surface area (Å²) in [5.41, 5.74) is 1.36. The first kappa shape index (κ1) is 16.5. The summed E-state index contributed by atoms with van der Waals surface area (Å²) in [5.74, 6) is 1.17. The highest BCUT2D eigenvalue weighted by Crippen LogP contribution is 2.26. The van der Waals surface area contributed by atoms with Crippen molar-refractivity contribution in [2.45, 2.75) is 0 Å². The highest BCUT2D eigenvalue weighted by molar-refractivity contribution is 7.17. The lowest BCUT2D eigenvalue weighted by molar-refractivity contribution is 0.0955. The molecule has 2 N–H and O–H groups in total. The number of hydrogen-bond donors (Lipinski definition) is 2. The Morgan fingerprint density at radius 2 is 2.17 bits per heavy atom. The van der Waals surface area contributed by atoms with E-state index in [0.717, 1.165) is 10.2 Å². The molecule has 8 heteroatoms. The van der Waals surface area contributed by atoms with Gasteiger partial charge in [-0.1, -0.05) is 6.07 Å². The fraction of sp³-hybridized carbons (Fsp3) is 0.188. The van der Waals surface area contributed by atoms with Crippen LogP contribution in [0.5, 0.6) is 5.75 Å². The largest absolute Gasteiger partial charge is 0.497 e. The summed E-state index contributed by atoms with van der Waals surface area (Å²) in [4.78, 5) is 20.5. The van der Waals surface area contributed by atoms with Crippen LogP contribution in [-0.2, 0) is 0 Å². The van der Waals surface area contributed by atoms with Crippen LogP contribution in [0, 0.1) is 0 Å². The van der Waals surface area contributed by atoms with E-state index in [2.05, 4.69) is 20.6 Å². The van der Waals surface area contributed by atoms with Gasteiger partial charge in [-0.3, -0.25) is 4.79 Å². The van der Waals surface area contributed by atoms with Gasteiger partial charge in [0.15, 0.2) is 0 Å². The summed E-state index contributed by atoms with van der Waals surface area (Å²) in [6.45, 7) is 0.973. The Bertz CT molecular complexity index is 868. The second-order valence-electron chi connectivity index (χ2n) is 4.89. The molecule has 2 heterocycles. The molecule has 24 heavy (non-hydrogen) atoms. The number of nitrogens with one attached hydrogen (secondary N) is 2. The maximum absolute atomic E-state index is 12.1. The third-order valence-corrected chi connectivity index (χ3v) is 4.39. The Kier molecular flexibility index (Phi) is 5.12. The molecule has 1 amide bonds. The fourth-order valence-corrected chi connectivity index (χ4v) is 3.15. The van der Waals surface area contributed by atoms with Crippen molar-refractivity contribution in [2.24, 2.45) is 0 Å². The average molecular weight is 363 g/mol. The molecule has 0 aliphatic heterocycles. The first-order valence-corrected chi connectivity index (χ1v) is 8.50. The van der Waals surface area contributed by atoms with Gasteiger partial charge in [0.25, 0.3) is 5.91 Å². The molecule has 0 aliphatic rings. The normalized spacial score (nSPS) is 10.6. The van der Waals surface area contributed by atoms with E-state index in [1.165, 1.54) is 0 Å². The van der Waals surface area contributed by atoms with Crippen LogP contribution < -0.4 is 15.4 Å². The van der Waals surface area contributed by atoms with Crippen LogP contribution in [0.3, 0.4) is 0 Å². The Morgan fingerprint density at radius 1 is 1.29 bits per heavy atom. The number of anilines is 1. The number of hydrogen-bond acceptors (Lipinski definition) is 6. The van der Waals surface area contributed by atoms with Crippen molar-refractivity contribution in [1.82, 2.24) is 15.3 Å². The zero-order valence-electron chi connectivity index (χ0n) is 12.9. The summed E-state index contributed by atoms with van der Waals surface area (Å²) >= 11 is 7.45. The van der Waals surface area contributed by atoms with Crippen LogP contribution in [0.15, 0.2) is 35.7 Å². The molecule has 0 atom stereocenters. The molecule has 0 unspecified atom stereocenters. The molecule has 0 spiro atoms. The molecule has 0 saturated heterocycles. The van der Waals surface area contributed by atoms with Gasteiger partial charge in [0.2, 0.25) is 5.28 Å². The monoisotopic (exact) mass is 362 g/mol. The molecular formula is C16H15ClN4O2S. The average Bonchev–Trinajstić information content (AvgIpc) is 3.06. The SMILES string of the molecule is COc1cccc(C(=O)NCCNc2nc(Cl)nc3ccsc23)c1. The van der Waals surface area contributed by atoms with Gasteiger partial charge in [-0.25, -0.2) is 4.98 Å². The van der Waals surface area contributed by atoms with E-state index in [0.29, 0.717) is 30.2 Å². The number of fused-ring (bicyclic) bond motifs is 1. The van der Waals surface area contributed by atoms with Crippen LogP contribution in [0.25, 0.3) is 10.2 Å². The minimum absolute atomic E-state index is 0.155. The molecule has 3 aromatic rings. The quantitative estimate of drug-likeness (QED) is 0.520. The summed E-state index contributed by atoms with van der Waals surface area (Å²) in [6, 6.07) is 8.90. The lowest BCUT2D eigenvalue weighted by atomic mass is 10.2. The zero-order valence-corrected chi connectivity index (χ0v) is 14.4. The van der Waals surface area contributed by atoms with Gasteiger partial charge in [0.1, 0.15) is 11.6 Å². The van der Waals surface area contributed by atoms with Crippen LogP contribution in [0.2, 0.25) is 5.28 Å². The number of aromatic nitrogens is 2. The van der Waals surface area contributed by atoms with Gasteiger partial charge in [-0.05, 0) is 41.2 Å². The number of ether oxygens (including phenoxy) is 1. The van der Waals surface area contributed by atoms with Gasteiger partial charge in [0, 0.05) is 18.7 Å². The van der Waals surface area contributed by atoms with Crippen molar-refractivity contribution in [3.05, 3.63) is 46.6 Å². The highest BCUT2D eigenvalue weighted by Gasteiger charge is 2.09. The minimum Gasteiger partial charge on any atom is -0.497 e. The Labute approximate surface area is 147 Å². The predicted octanol–water partition coefficient (Wildman–Crippen LogP) is 3.20. The molecule has 0 saturated carbocycles. The summed E-state index contributed by atoms with van der Waals surface area (Å²) in [6.07, 6.45) is 0. The van der Waals surface area contributed by atoms with E-state index in [9.17, 15) is 4.79 Å². The third-order valence-electron chi connectivity index (χ3n) is 3.31. The summed E-state index contributed by atoms with van der Waals surface area (Å²) in [5, 5.41) is 8.16. The minimum atomic E-state index is -0.155. The molecule has 0 fully saturated rings. The first-order chi connectivity index (χ1) is 11.7. The number of carbonyl (C=O) groups is 1. The van der Waals surface area contributed by atoms with E-state index in [-0.39, 0.29) is 11.2 Å². The van der Waals surface area contributed by atoms with Gasteiger partial charge < -0.3 is 15.4 Å². The maximum atomic E-state index is 12.1. The highest BCUT2D eigenvalue weighted by atomic mass is 35.5. The Balaban J connectivity index is 1.56. The van der Waals surface area contributed by atoms with E-state index >= 15 is 0 Å². The number of methoxy groups -OCH3 is 1. The molecule has 3 rings (SSSR count). The molecule has 1 aromatic carbocycles. The van der Waals surface area contributed by atoms with Crippen LogP contribution in [0.4, 0.5) is 5.82 Å². The van der Waals surface area contributed by atoms with Gasteiger partial charge in [0.05, 0.1) is 17.3 Å². The predicted molar refractivity (Wildman–Crippen MR) is 96.2 cm³/mol. The van der Waals surface area contributed by atoms with Crippen molar-refractivity contribution < 1.29 is 9.53 Å². The smallest absolute Gasteiger partial charge is 0.251 e. The van der Waals surface area contributed by atoms with Crippen molar-refractivity contribution >= 4 is 44.9 Å². The third kappa shape index (κ3) is 3.74. The van der Waals surface area contributed by atoms with Gasteiger partial charge >= 0.3 is 0 Å². The summed E-state index contributed by atoms with van der Waals surface area (Å²) < 4.78 is 6.06. The molecule has 0 radical (unpaired) electrons. The van der Waals surface area contributed by atoms with Crippen molar-refractivity contribution in [2.75, 3.05) is 25.5 Å². The second kappa shape index (κ2) is 7.46. The fourth-order valence-electron chi connectivity index (χ4n) is 2.18. The number of halogens is 1. The van der Waals surface area contributed by atoms with E-state index < -0.39 is 0 Å². The number of rotatable bonds is 6. The molecule has 6 nitrogen and oxygen atoms in total. The van der Waals surface area contributed by atoms with Crippen molar-refractivity contribution in [3.8, 4) is 5.75 Å². The number of thiophene rings is 1. The number of carbonyl (C=O) groups excluding carboxylic acids is 1.